The van der Waals surface area contributed by atoms with Gasteiger partial charge in [0.05, 0.1) is 19.3 Å². The number of hydrogen-bond donors (Lipinski definition) is 3. The van der Waals surface area contributed by atoms with Gasteiger partial charge >= 0.3 is 30.1 Å². The van der Waals surface area contributed by atoms with Crippen molar-refractivity contribution in [3.05, 3.63) is 71.9 Å². The summed E-state index contributed by atoms with van der Waals surface area (Å²) in [5.41, 5.74) is 0.974. The van der Waals surface area contributed by atoms with Gasteiger partial charge in [0.25, 0.3) is 0 Å². The van der Waals surface area contributed by atoms with Gasteiger partial charge in [0.2, 0.25) is 0 Å². The average Bonchev–Trinajstić information content (AvgIpc) is 3.58. The molecule has 0 unspecified atom stereocenters. The third-order valence-corrected chi connectivity index (χ3v) is 7.73. The van der Waals surface area contributed by atoms with E-state index in [-0.39, 0.29) is 36.8 Å². The number of nitrogens with zero attached hydrogens (tertiary/aromatic N) is 4. The van der Waals surface area contributed by atoms with Crippen LogP contribution in [-0.4, -0.2) is 82.9 Å². The standard InChI is InChI=1S/C32H37F3N6O5/c1-3-39(4-2)30-36-21-26(41(29(44)32(33,34)35)19-16-22-10-6-5-7-11-22)27(38-30)37-25(28(42)43)20-23-12-14-24(15-13-23)46-31(45)40-17-8-9-18-40/h5-7,10-15,21,25H,3-4,8-9,16-20H2,1-2H3,(H,42,43)(H,36,37,38)/p+1/t25-/m0/s1. The Bertz CT molecular complexity index is 1480. The number of nitrogens with one attached hydrogen (secondary N) is 2. The number of rotatable bonds is 13. The van der Waals surface area contributed by atoms with Gasteiger partial charge in [-0.25, -0.2) is 9.59 Å². The van der Waals surface area contributed by atoms with Crippen molar-refractivity contribution in [1.82, 2.24) is 14.9 Å². The van der Waals surface area contributed by atoms with Crippen LogP contribution < -0.4 is 19.9 Å². The molecule has 4 rings (SSSR count). The van der Waals surface area contributed by atoms with Crippen molar-refractivity contribution in [3.8, 4) is 5.75 Å². The number of aromatic nitrogens is 2. The lowest BCUT2D eigenvalue weighted by molar-refractivity contribution is -0.833. The van der Waals surface area contributed by atoms with Crippen LogP contribution >= 0.6 is 0 Å². The van der Waals surface area contributed by atoms with Gasteiger partial charge in [0.15, 0.2) is 5.82 Å². The summed E-state index contributed by atoms with van der Waals surface area (Å²) in [6.07, 6.45) is -2.69. The molecule has 1 atom stereocenters. The number of alkyl halides is 3. The van der Waals surface area contributed by atoms with E-state index in [2.05, 4.69) is 15.3 Å². The molecule has 14 heteroatoms. The van der Waals surface area contributed by atoms with E-state index in [0.29, 0.717) is 48.0 Å². The normalized spacial score (nSPS) is 13.8. The van der Waals surface area contributed by atoms with Crippen LogP contribution in [0.5, 0.6) is 5.75 Å². The maximum absolute atomic E-state index is 13.9. The van der Waals surface area contributed by atoms with Gasteiger partial charge in [0.1, 0.15) is 17.5 Å². The molecule has 1 aromatic heterocycles. The smallest absolute Gasteiger partial charge is 0.471 e. The average molecular weight is 644 g/mol. The minimum Gasteiger partial charge on any atom is -0.480 e. The molecule has 0 spiro atoms. The summed E-state index contributed by atoms with van der Waals surface area (Å²) >= 11 is 0. The van der Waals surface area contributed by atoms with Gasteiger partial charge in [-0.1, -0.05) is 42.5 Å². The summed E-state index contributed by atoms with van der Waals surface area (Å²) < 4.78 is 47.0. The Kier molecular flexibility index (Phi) is 11.5. The Morgan fingerprint density at radius 3 is 2.26 bits per heavy atom. The second kappa shape index (κ2) is 15.5. The molecule has 11 nitrogen and oxygen atoms in total. The van der Waals surface area contributed by atoms with E-state index in [1.54, 1.807) is 59.5 Å². The Labute approximate surface area is 265 Å². The Hall–Kier alpha value is -4.72. The second-order valence-corrected chi connectivity index (χ2v) is 10.9. The molecular formula is C32H38F3N6O5+. The molecular weight excluding hydrogens is 605 g/mol. The lowest BCUT2D eigenvalue weighted by Gasteiger charge is -2.27. The number of carboxylic acids is 1. The van der Waals surface area contributed by atoms with E-state index in [9.17, 15) is 32.7 Å². The summed E-state index contributed by atoms with van der Waals surface area (Å²) in [6.45, 7) is 5.79. The summed E-state index contributed by atoms with van der Waals surface area (Å²) in [5.74, 6) is -3.08. The van der Waals surface area contributed by atoms with Crippen LogP contribution in [-0.2, 0) is 22.4 Å². The predicted octanol–water partition coefficient (Wildman–Crippen LogP) is 3.87. The van der Waals surface area contributed by atoms with Crippen molar-refractivity contribution in [2.24, 2.45) is 0 Å². The van der Waals surface area contributed by atoms with Crippen molar-refractivity contribution in [2.45, 2.75) is 51.7 Å². The molecule has 1 aliphatic heterocycles. The van der Waals surface area contributed by atoms with Crippen molar-refractivity contribution in [1.29, 1.82) is 0 Å². The maximum atomic E-state index is 13.9. The number of ether oxygens (including phenoxy) is 1. The highest BCUT2D eigenvalue weighted by Gasteiger charge is 2.44. The number of benzene rings is 2. The molecule has 2 heterocycles. The molecule has 2 amide bonds. The molecule has 246 valence electrons. The van der Waals surface area contributed by atoms with Crippen LogP contribution in [0.25, 0.3) is 0 Å². The van der Waals surface area contributed by atoms with E-state index >= 15 is 0 Å². The topological polar surface area (TPSA) is 129 Å². The second-order valence-electron chi connectivity index (χ2n) is 10.9. The van der Waals surface area contributed by atoms with Gasteiger partial charge in [-0.05, 0) is 56.4 Å². The summed E-state index contributed by atoms with van der Waals surface area (Å²) in [4.78, 5) is 49.2. The molecule has 3 aromatic rings. The van der Waals surface area contributed by atoms with Crippen LogP contribution in [0.3, 0.4) is 0 Å². The first kappa shape index (κ1) is 34.2. The first-order chi connectivity index (χ1) is 22.0. The molecule has 0 bridgehead atoms. The fourth-order valence-electron chi connectivity index (χ4n) is 5.15. The molecule has 0 aliphatic carbocycles. The Morgan fingerprint density at radius 1 is 1.02 bits per heavy atom. The van der Waals surface area contributed by atoms with Gasteiger partial charge in [-0.15, -0.1) is 0 Å². The fourth-order valence-corrected chi connectivity index (χ4v) is 5.15. The summed E-state index contributed by atoms with van der Waals surface area (Å²) in [7, 11) is 0. The van der Waals surface area contributed by atoms with Crippen LogP contribution in [0.1, 0.15) is 37.8 Å². The number of hydrogen-bond acceptors (Lipinski definition) is 7. The highest BCUT2D eigenvalue weighted by molar-refractivity contribution is 5.99. The minimum absolute atomic E-state index is 0.0934. The number of carbonyl (C=O) groups excluding carboxylic acids is 2. The summed E-state index contributed by atoms with van der Waals surface area (Å²) in [5, 5.41) is 12.9. The van der Waals surface area contributed by atoms with Crippen LogP contribution in [0.15, 0.2) is 60.8 Å². The van der Waals surface area contributed by atoms with Crippen molar-refractivity contribution in [2.75, 3.05) is 42.9 Å². The molecule has 2 aromatic carbocycles. The zero-order valence-electron chi connectivity index (χ0n) is 25.7. The van der Waals surface area contributed by atoms with E-state index in [4.69, 9.17) is 4.74 Å². The monoisotopic (exact) mass is 643 g/mol. The fraction of sp³-hybridized carbons (Fsp3) is 0.406. The maximum Gasteiger partial charge on any atom is 0.471 e. The SMILES string of the molecule is CC[NH+](CC)c1ncc(N(CCc2ccccc2)C(=O)C(F)(F)F)c(N[C@@H](Cc2ccc(OC(=O)N3CCCC3)cc2)C(=O)O)n1. The van der Waals surface area contributed by atoms with E-state index < -0.39 is 30.2 Å². The zero-order valence-corrected chi connectivity index (χ0v) is 25.7. The predicted molar refractivity (Wildman–Crippen MR) is 164 cm³/mol. The van der Waals surface area contributed by atoms with Crippen LogP contribution in [0.4, 0.5) is 35.4 Å². The van der Waals surface area contributed by atoms with Gasteiger partial charge in [-0.3, -0.25) is 14.6 Å². The lowest BCUT2D eigenvalue weighted by Crippen LogP contribution is -3.07. The van der Waals surface area contributed by atoms with Crippen molar-refractivity contribution < 1.29 is 42.3 Å². The third kappa shape index (κ3) is 8.93. The zero-order chi connectivity index (χ0) is 33.3. The highest BCUT2D eigenvalue weighted by atomic mass is 19.4. The number of halogens is 3. The van der Waals surface area contributed by atoms with E-state index in [0.717, 1.165) is 23.9 Å². The molecule has 1 fully saturated rings. The van der Waals surface area contributed by atoms with Gasteiger partial charge in [-0.2, -0.15) is 23.1 Å². The molecule has 0 radical (unpaired) electrons. The Balaban J connectivity index is 1.63. The largest absolute Gasteiger partial charge is 0.480 e. The first-order valence-corrected chi connectivity index (χ1v) is 15.2. The van der Waals surface area contributed by atoms with E-state index in [1.165, 1.54) is 0 Å². The minimum atomic E-state index is -5.21. The number of aliphatic carboxylic acids is 1. The van der Waals surface area contributed by atoms with Gasteiger partial charge in [0, 0.05) is 26.1 Å². The highest BCUT2D eigenvalue weighted by Crippen LogP contribution is 2.30. The van der Waals surface area contributed by atoms with Crippen LogP contribution in [0, 0.1) is 0 Å². The Morgan fingerprint density at radius 2 is 1.67 bits per heavy atom. The number of carbonyl (C=O) groups is 3. The first-order valence-electron chi connectivity index (χ1n) is 15.2. The van der Waals surface area contributed by atoms with E-state index in [1.807, 2.05) is 13.8 Å². The van der Waals surface area contributed by atoms with Crippen molar-refractivity contribution >= 4 is 35.4 Å². The molecule has 1 aliphatic rings. The summed E-state index contributed by atoms with van der Waals surface area (Å²) in [6, 6.07) is 13.7. The number of likely N-dealkylation sites (tertiary alicyclic amines) is 1. The number of carboxylic acid groups (broad SMARTS) is 1. The molecule has 46 heavy (non-hydrogen) atoms. The number of anilines is 2. The van der Waals surface area contributed by atoms with Crippen molar-refractivity contribution in [3.63, 3.8) is 0 Å². The molecule has 0 saturated carbocycles. The van der Waals surface area contributed by atoms with Crippen LogP contribution in [0.2, 0.25) is 0 Å². The molecule has 3 N–H and O–H groups in total. The number of quaternary nitrogens is 1. The third-order valence-electron chi connectivity index (χ3n) is 7.73. The molecule has 1 saturated heterocycles. The number of amides is 2. The van der Waals surface area contributed by atoms with Gasteiger partial charge < -0.3 is 20.1 Å². The quantitative estimate of drug-likeness (QED) is 0.256. The lowest BCUT2D eigenvalue weighted by atomic mass is 10.1.